The van der Waals surface area contributed by atoms with Crippen LogP contribution in [-0.2, 0) is 0 Å². The van der Waals surface area contributed by atoms with E-state index in [1.807, 2.05) is 0 Å². The van der Waals surface area contributed by atoms with Crippen LogP contribution in [0.25, 0.3) is 0 Å². The number of rotatable bonds is 3. The number of hydrogen-bond donors (Lipinski definition) is 2. The Hall–Kier alpha value is -1.16. The van der Waals surface area contributed by atoms with Crippen molar-refractivity contribution in [3.05, 3.63) is 18.6 Å². The van der Waals surface area contributed by atoms with Gasteiger partial charge in [-0.25, -0.2) is 4.98 Å². The third-order valence-electron chi connectivity index (χ3n) is 3.37. The van der Waals surface area contributed by atoms with Gasteiger partial charge in [0.1, 0.15) is 5.82 Å². The van der Waals surface area contributed by atoms with Gasteiger partial charge in [0, 0.05) is 18.9 Å². The van der Waals surface area contributed by atoms with Crippen LogP contribution < -0.4 is 5.32 Å². The molecule has 1 saturated carbocycles. The number of nitrogens with one attached hydrogen (secondary N) is 1. The highest BCUT2D eigenvalue weighted by Gasteiger charge is 2.31. The van der Waals surface area contributed by atoms with Crippen LogP contribution in [0.15, 0.2) is 18.6 Å². The highest BCUT2D eigenvalue weighted by atomic mass is 16.3. The first-order valence-electron chi connectivity index (χ1n) is 5.90. The first-order chi connectivity index (χ1) is 7.68. The van der Waals surface area contributed by atoms with E-state index >= 15 is 0 Å². The van der Waals surface area contributed by atoms with Gasteiger partial charge >= 0.3 is 0 Å². The minimum absolute atomic E-state index is 0.565. The number of aromatic nitrogens is 2. The van der Waals surface area contributed by atoms with Crippen molar-refractivity contribution in [2.75, 3.05) is 11.9 Å². The first-order valence-corrected chi connectivity index (χ1v) is 5.90. The van der Waals surface area contributed by atoms with E-state index in [4.69, 9.17) is 0 Å². The fraction of sp³-hybridized carbons (Fsp3) is 0.667. The summed E-state index contributed by atoms with van der Waals surface area (Å²) in [4.78, 5) is 8.10. The van der Waals surface area contributed by atoms with E-state index in [-0.39, 0.29) is 0 Å². The molecule has 1 aromatic heterocycles. The van der Waals surface area contributed by atoms with Gasteiger partial charge in [-0.3, -0.25) is 4.98 Å². The molecule has 1 aliphatic rings. The van der Waals surface area contributed by atoms with E-state index in [1.54, 1.807) is 18.6 Å². The van der Waals surface area contributed by atoms with E-state index in [0.717, 1.165) is 37.4 Å². The zero-order chi connectivity index (χ0) is 11.4. The minimum atomic E-state index is -0.565. The summed E-state index contributed by atoms with van der Waals surface area (Å²) in [6, 6.07) is 0. The summed E-state index contributed by atoms with van der Waals surface area (Å²) in [5.41, 5.74) is -0.565. The van der Waals surface area contributed by atoms with Crippen LogP contribution in [0.2, 0.25) is 0 Å². The average Bonchev–Trinajstić information content (AvgIpc) is 2.33. The molecule has 88 valence electrons. The Bertz CT molecular complexity index is 320. The van der Waals surface area contributed by atoms with Crippen molar-refractivity contribution in [2.24, 2.45) is 5.92 Å². The van der Waals surface area contributed by atoms with Gasteiger partial charge in [0.25, 0.3) is 0 Å². The van der Waals surface area contributed by atoms with Crippen molar-refractivity contribution in [3.8, 4) is 0 Å². The molecule has 4 nitrogen and oxygen atoms in total. The molecule has 0 aliphatic heterocycles. The summed E-state index contributed by atoms with van der Waals surface area (Å²) >= 11 is 0. The molecule has 2 N–H and O–H groups in total. The number of hydrogen-bond acceptors (Lipinski definition) is 4. The molecule has 1 aromatic rings. The van der Waals surface area contributed by atoms with Crippen molar-refractivity contribution < 1.29 is 5.11 Å². The van der Waals surface area contributed by atoms with Crippen LogP contribution in [0.1, 0.15) is 32.6 Å². The normalized spacial score (nSPS) is 30.0. The molecule has 0 spiro atoms. The number of anilines is 1. The van der Waals surface area contributed by atoms with E-state index in [1.165, 1.54) is 0 Å². The van der Waals surface area contributed by atoms with Gasteiger partial charge in [0.05, 0.1) is 11.8 Å². The van der Waals surface area contributed by atoms with Gasteiger partial charge in [-0.05, 0) is 31.6 Å². The fourth-order valence-corrected chi connectivity index (χ4v) is 2.12. The van der Waals surface area contributed by atoms with Crippen molar-refractivity contribution in [3.63, 3.8) is 0 Å². The van der Waals surface area contributed by atoms with Gasteiger partial charge in [0.15, 0.2) is 0 Å². The molecule has 1 fully saturated rings. The smallest absolute Gasteiger partial charge is 0.144 e. The Morgan fingerprint density at radius 2 is 2.19 bits per heavy atom. The van der Waals surface area contributed by atoms with Gasteiger partial charge in [-0.1, -0.05) is 6.92 Å². The van der Waals surface area contributed by atoms with Crippen LogP contribution >= 0.6 is 0 Å². The van der Waals surface area contributed by atoms with Gasteiger partial charge in [0.2, 0.25) is 0 Å². The molecular weight excluding hydrogens is 202 g/mol. The monoisotopic (exact) mass is 221 g/mol. The van der Waals surface area contributed by atoms with Gasteiger partial charge < -0.3 is 10.4 Å². The van der Waals surface area contributed by atoms with Crippen molar-refractivity contribution in [1.82, 2.24) is 9.97 Å². The number of aliphatic hydroxyl groups is 1. The van der Waals surface area contributed by atoms with Crippen LogP contribution in [0.3, 0.4) is 0 Å². The summed E-state index contributed by atoms with van der Waals surface area (Å²) in [6.45, 7) is 2.81. The van der Waals surface area contributed by atoms with E-state index in [2.05, 4.69) is 22.2 Å². The highest BCUT2D eigenvalue weighted by Crippen LogP contribution is 2.31. The molecule has 0 aromatic carbocycles. The molecule has 0 radical (unpaired) electrons. The maximum absolute atomic E-state index is 10.3. The van der Waals surface area contributed by atoms with Crippen molar-refractivity contribution in [2.45, 2.75) is 38.2 Å². The number of nitrogens with zero attached hydrogens (tertiary/aromatic N) is 2. The molecule has 0 unspecified atom stereocenters. The van der Waals surface area contributed by atoms with Crippen LogP contribution in [0.4, 0.5) is 5.82 Å². The predicted molar refractivity (Wildman–Crippen MR) is 63.1 cm³/mol. The van der Waals surface area contributed by atoms with Crippen LogP contribution in [0, 0.1) is 5.92 Å². The Kier molecular flexibility index (Phi) is 3.39. The molecule has 0 amide bonds. The van der Waals surface area contributed by atoms with Crippen LogP contribution in [0.5, 0.6) is 0 Å². The average molecular weight is 221 g/mol. The Morgan fingerprint density at radius 1 is 1.44 bits per heavy atom. The first kappa shape index (κ1) is 11.3. The summed E-state index contributed by atoms with van der Waals surface area (Å²) in [5, 5.41) is 13.5. The Morgan fingerprint density at radius 3 is 2.81 bits per heavy atom. The highest BCUT2D eigenvalue weighted by molar-refractivity contribution is 5.30. The maximum Gasteiger partial charge on any atom is 0.144 e. The Labute approximate surface area is 96.1 Å². The summed E-state index contributed by atoms with van der Waals surface area (Å²) in [7, 11) is 0. The maximum atomic E-state index is 10.3. The van der Waals surface area contributed by atoms with Crippen LogP contribution in [-0.4, -0.2) is 27.2 Å². The van der Waals surface area contributed by atoms with E-state index in [0.29, 0.717) is 6.54 Å². The van der Waals surface area contributed by atoms with Crippen molar-refractivity contribution >= 4 is 5.82 Å². The topological polar surface area (TPSA) is 58.0 Å². The molecule has 2 rings (SSSR count). The minimum Gasteiger partial charge on any atom is -0.388 e. The second-order valence-electron chi connectivity index (χ2n) is 4.85. The third-order valence-corrected chi connectivity index (χ3v) is 3.37. The molecule has 4 heteroatoms. The van der Waals surface area contributed by atoms with E-state index < -0.39 is 5.60 Å². The quantitative estimate of drug-likeness (QED) is 0.817. The largest absolute Gasteiger partial charge is 0.388 e. The lowest BCUT2D eigenvalue weighted by Crippen LogP contribution is -2.40. The zero-order valence-corrected chi connectivity index (χ0v) is 9.69. The lowest BCUT2D eigenvalue weighted by Gasteiger charge is -2.35. The molecule has 1 heterocycles. The molecule has 0 atom stereocenters. The molecule has 16 heavy (non-hydrogen) atoms. The lowest BCUT2D eigenvalue weighted by molar-refractivity contribution is 0.00494. The SMILES string of the molecule is CC1CCC(O)(CNc2cnccn2)CC1. The van der Waals surface area contributed by atoms with E-state index in [9.17, 15) is 5.11 Å². The molecule has 0 bridgehead atoms. The summed E-state index contributed by atoms with van der Waals surface area (Å²) < 4.78 is 0. The molecular formula is C12H19N3O. The summed E-state index contributed by atoms with van der Waals surface area (Å²) in [5.74, 6) is 1.48. The predicted octanol–water partition coefficient (Wildman–Crippen LogP) is 1.83. The molecule has 0 saturated heterocycles. The fourth-order valence-electron chi connectivity index (χ4n) is 2.12. The summed E-state index contributed by atoms with van der Waals surface area (Å²) in [6.07, 6.45) is 8.94. The zero-order valence-electron chi connectivity index (χ0n) is 9.69. The van der Waals surface area contributed by atoms with Gasteiger partial charge in [-0.15, -0.1) is 0 Å². The van der Waals surface area contributed by atoms with Crippen molar-refractivity contribution in [1.29, 1.82) is 0 Å². The second-order valence-corrected chi connectivity index (χ2v) is 4.85. The second kappa shape index (κ2) is 4.78. The standard InChI is InChI=1S/C12H19N3O/c1-10-2-4-12(16,5-3-10)9-15-11-8-13-6-7-14-11/h6-8,10,16H,2-5,9H2,1H3,(H,14,15). The van der Waals surface area contributed by atoms with Gasteiger partial charge in [-0.2, -0.15) is 0 Å². The Balaban J connectivity index is 1.85. The third kappa shape index (κ3) is 2.92. The lowest BCUT2D eigenvalue weighted by atomic mass is 9.79. The molecule has 1 aliphatic carbocycles.